The van der Waals surface area contributed by atoms with Crippen LogP contribution in [0.25, 0.3) is 11.4 Å². The highest BCUT2D eigenvalue weighted by Gasteiger charge is 2.46. The lowest BCUT2D eigenvalue weighted by Gasteiger charge is -2.23. The van der Waals surface area contributed by atoms with Gasteiger partial charge < -0.3 is 10.2 Å². The molecule has 6 heteroatoms. The van der Waals surface area contributed by atoms with Crippen molar-refractivity contribution < 1.29 is 9.18 Å². The van der Waals surface area contributed by atoms with E-state index in [1.54, 1.807) is 0 Å². The number of nitrogens with one attached hydrogen (secondary N) is 1. The SMILES string of the molecule is Cc1ccc(NC(=O)N2[C@@H]3CC[C@H]2[C@H](C)C3)cc1-c1ncc(F)cn1. The van der Waals surface area contributed by atoms with Gasteiger partial charge in [0.1, 0.15) is 0 Å². The Hall–Kier alpha value is -2.50. The van der Waals surface area contributed by atoms with Crippen LogP contribution in [-0.4, -0.2) is 33.0 Å². The second kappa shape index (κ2) is 6.10. The summed E-state index contributed by atoms with van der Waals surface area (Å²) in [6.07, 6.45) is 5.60. The summed E-state index contributed by atoms with van der Waals surface area (Å²) < 4.78 is 13.1. The van der Waals surface area contributed by atoms with E-state index in [2.05, 4.69) is 22.2 Å². The van der Waals surface area contributed by atoms with Gasteiger partial charge in [0.2, 0.25) is 0 Å². The van der Waals surface area contributed by atoms with Gasteiger partial charge in [0.05, 0.1) is 12.4 Å². The molecule has 0 saturated carbocycles. The number of aryl methyl sites for hydroxylation is 1. The first-order chi connectivity index (χ1) is 12.0. The van der Waals surface area contributed by atoms with E-state index in [1.165, 1.54) is 0 Å². The largest absolute Gasteiger partial charge is 0.322 e. The summed E-state index contributed by atoms with van der Waals surface area (Å²) in [7, 11) is 0. The van der Waals surface area contributed by atoms with Crippen molar-refractivity contribution in [3.63, 3.8) is 0 Å². The third-order valence-electron chi connectivity index (χ3n) is 5.43. The third kappa shape index (κ3) is 2.86. The topological polar surface area (TPSA) is 58.1 Å². The van der Waals surface area contributed by atoms with Crippen LogP contribution in [0.4, 0.5) is 14.9 Å². The highest BCUT2D eigenvalue weighted by molar-refractivity contribution is 5.91. The first-order valence-electron chi connectivity index (χ1n) is 8.71. The zero-order valence-corrected chi connectivity index (χ0v) is 14.4. The maximum absolute atomic E-state index is 13.1. The van der Waals surface area contributed by atoms with Crippen molar-refractivity contribution in [2.45, 2.75) is 45.2 Å². The van der Waals surface area contributed by atoms with Crippen LogP contribution in [0.15, 0.2) is 30.6 Å². The van der Waals surface area contributed by atoms with Gasteiger partial charge in [-0.15, -0.1) is 0 Å². The van der Waals surface area contributed by atoms with E-state index >= 15 is 0 Å². The average Bonchev–Trinajstić information content (AvgIpc) is 3.14. The van der Waals surface area contributed by atoms with Gasteiger partial charge in [-0.1, -0.05) is 13.0 Å². The van der Waals surface area contributed by atoms with Gasteiger partial charge in [0.15, 0.2) is 11.6 Å². The standard InChI is InChI=1S/C19H21FN4O/c1-11-3-4-14(8-16(11)18-21-9-13(20)10-22-18)23-19(25)24-15-5-6-17(24)12(2)7-15/h3-4,8-10,12,15,17H,5-7H2,1-2H3,(H,23,25)/t12-,15-,17+/m1/s1. The van der Waals surface area contributed by atoms with Crippen LogP contribution in [0, 0.1) is 18.7 Å². The van der Waals surface area contributed by atoms with Gasteiger partial charge in [-0.3, -0.25) is 0 Å². The fourth-order valence-corrected chi connectivity index (χ4v) is 4.18. The number of benzene rings is 1. The molecule has 25 heavy (non-hydrogen) atoms. The van der Waals surface area contributed by atoms with E-state index in [9.17, 15) is 9.18 Å². The summed E-state index contributed by atoms with van der Waals surface area (Å²) in [4.78, 5) is 22.8. The summed E-state index contributed by atoms with van der Waals surface area (Å²) in [6.45, 7) is 4.16. The lowest BCUT2D eigenvalue weighted by molar-refractivity contribution is 0.202. The second-order valence-electron chi connectivity index (χ2n) is 7.10. The molecule has 0 spiro atoms. The third-order valence-corrected chi connectivity index (χ3v) is 5.43. The molecule has 2 aromatic rings. The van der Waals surface area contributed by atoms with Crippen molar-refractivity contribution in [3.8, 4) is 11.4 Å². The summed E-state index contributed by atoms with van der Waals surface area (Å²) >= 11 is 0. The molecule has 4 rings (SSSR count). The molecule has 1 aromatic heterocycles. The maximum atomic E-state index is 13.1. The van der Waals surface area contributed by atoms with Crippen molar-refractivity contribution in [1.82, 2.24) is 14.9 Å². The molecule has 2 fully saturated rings. The zero-order chi connectivity index (χ0) is 17.6. The minimum atomic E-state index is -0.468. The molecular formula is C19H21FN4O. The molecule has 130 valence electrons. The molecule has 2 bridgehead atoms. The number of rotatable bonds is 2. The van der Waals surface area contributed by atoms with Gasteiger partial charge in [-0.05, 0) is 49.8 Å². The lowest BCUT2D eigenvalue weighted by Crippen LogP contribution is -2.39. The molecule has 0 aliphatic carbocycles. The van der Waals surface area contributed by atoms with Crippen molar-refractivity contribution in [2.24, 2.45) is 5.92 Å². The molecule has 2 aliphatic heterocycles. The highest BCUT2D eigenvalue weighted by atomic mass is 19.1. The molecule has 2 aliphatic rings. The molecule has 1 aromatic carbocycles. The number of carbonyl (C=O) groups is 1. The van der Waals surface area contributed by atoms with E-state index < -0.39 is 5.82 Å². The molecule has 3 heterocycles. The summed E-state index contributed by atoms with van der Waals surface area (Å²) in [6, 6.07) is 6.33. The molecule has 3 atom stereocenters. The molecule has 2 saturated heterocycles. The monoisotopic (exact) mass is 340 g/mol. The number of nitrogens with zero attached hydrogens (tertiary/aromatic N) is 3. The van der Waals surface area contributed by atoms with Crippen LogP contribution in [0.5, 0.6) is 0 Å². The summed E-state index contributed by atoms with van der Waals surface area (Å²) in [5, 5.41) is 3.01. The Morgan fingerprint density at radius 3 is 2.68 bits per heavy atom. The van der Waals surface area contributed by atoms with E-state index in [-0.39, 0.29) is 6.03 Å². The van der Waals surface area contributed by atoms with E-state index in [4.69, 9.17) is 0 Å². The van der Waals surface area contributed by atoms with E-state index in [0.29, 0.717) is 29.5 Å². The van der Waals surface area contributed by atoms with Crippen LogP contribution in [-0.2, 0) is 0 Å². The van der Waals surface area contributed by atoms with Crippen LogP contribution in [0.2, 0.25) is 0 Å². The van der Waals surface area contributed by atoms with Crippen molar-refractivity contribution in [1.29, 1.82) is 0 Å². The number of amides is 2. The van der Waals surface area contributed by atoms with Gasteiger partial charge >= 0.3 is 6.03 Å². The Morgan fingerprint density at radius 2 is 2.04 bits per heavy atom. The van der Waals surface area contributed by atoms with Gasteiger partial charge in [0.25, 0.3) is 0 Å². The fraction of sp³-hybridized carbons (Fsp3) is 0.421. The first-order valence-corrected chi connectivity index (χ1v) is 8.71. The number of fused-ring (bicyclic) bond motifs is 2. The Balaban J connectivity index is 1.56. The molecule has 2 amide bonds. The number of urea groups is 1. The molecule has 5 nitrogen and oxygen atoms in total. The van der Waals surface area contributed by atoms with Gasteiger partial charge in [0, 0.05) is 23.3 Å². The predicted octanol–water partition coefficient (Wildman–Crippen LogP) is 4.00. The van der Waals surface area contributed by atoms with Crippen LogP contribution in [0.1, 0.15) is 31.7 Å². The summed E-state index contributed by atoms with van der Waals surface area (Å²) in [5.74, 6) is 0.556. The minimum Gasteiger partial charge on any atom is -0.318 e. The predicted molar refractivity (Wildman–Crippen MR) is 93.6 cm³/mol. The van der Waals surface area contributed by atoms with Crippen LogP contribution in [0.3, 0.4) is 0 Å². The first kappa shape index (κ1) is 16.0. The smallest absolute Gasteiger partial charge is 0.318 e. The number of hydrogen-bond acceptors (Lipinski definition) is 3. The Morgan fingerprint density at radius 1 is 1.28 bits per heavy atom. The fourth-order valence-electron chi connectivity index (χ4n) is 4.18. The molecule has 1 N–H and O–H groups in total. The lowest BCUT2D eigenvalue weighted by atomic mass is 9.91. The Kier molecular flexibility index (Phi) is 3.90. The average molecular weight is 340 g/mol. The number of carbonyl (C=O) groups excluding carboxylic acids is 1. The van der Waals surface area contributed by atoms with Gasteiger partial charge in [-0.25, -0.2) is 19.2 Å². The van der Waals surface area contributed by atoms with E-state index in [1.807, 2.05) is 30.0 Å². The van der Waals surface area contributed by atoms with Crippen molar-refractivity contribution in [3.05, 3.63) is 42.0 Å². The summed E-state index contributed by atoms with van der Waals surface area (Å²) in [5.41, 5.74) is 2.47. The minimum absolute atomic E-state index is 0.0355. The number of anilines is 1. The Bertz CT molecular complexity index is 808. The number of aromatic nitrogens is 2. The van der Waals surface area contributed by atoms with Crippen molar-refractivity contribution in [2.75, 3.05) is 5.32 Å². The van der Waals surface area contributed by atoms with Crippen molar-refractivity contribution >= 4 is 11.7 Å². The second-order valence-corrected chi connectivity index (χ2v) is 7.10. The Labute approximate surface area is 146 Å². The van der Waals surface area contributed by atoms with Crippen LogP contribution < -0.4 is 5.32 Å². The number of hydrogen-bond donors (Lipinski definition) is 1. The number of halogens is 1. The normalized spacial score (nSPS) is 24.6. The molecular weight excluding hydrogens is 319 g/mol. The zero-order valence-electron chi connectivity index (χ0n) is 14.4. The highest BCUT2D eigenvalue weighted by Crippen LogP contribution is 2.41. The molecule has 0 unspecified atom stereocenters. The maximum Gasteiger partial charge on any atom is 0.322 e. The van der Waals surface area contributed by atoms with E-state index in [0.717, 1.165) is 42.8 Å². The molecule has 0 radical (unpaired) electrons. The quantitative estimate of drug-likeness (QED) is 0.899. The van der Waals surface area contributed by atoms with Gasteiger partial charge in [-0.2, -0.15) is 0 Å². The van der Waals surface area contributed by atoms with Crippen LogP contribution >= 0.6 is 0 Å².